The molecule has 0 bridgehead atoms. The largest absolute Gasteiger partial charge is 0.492 e. The molecule has 0 saturated heterocycles. The Morgan fingerprint density at radius 1 is 1.00 bits per heavy atom. The number of rotatable bonds is 4. The first kappa shape index (κ1) is 19.8. The van der Waals surface area contributed by atoms with Crippen molar-refractivity contribution in [1.82, 2.24) is 0 Å². The van der Waals surface area contributed by atoms with E-state index in [9.17, 15) is 4.79 Å². The van der Waals surface area contributed by atoms with Gasteiger partial charge in [-0.1, -0.05) is 41.9 Å². The van der Waals surface area contributed by atoms with Crippen LogP contribution in [0, 0.1) is 6.92 Å². The Labute approximate surface area is 185 Å². The number of hydrogen-bond donors (Lipinski definition) is 1. The predicted molar refractivity (Wildman–Crippen MR) is 117 cm³/mol. The standard InChI is InChI=1S/C25H21ClO5/c1-14-4-2-3-5-17(14)15-6-7-20(26)19(8-15)24-13-30-22-10-18-16(9-25(27)28)12-29-21(18)11-23(22)31-24/h2-8,10-11,16,24H,9,12-13H2,1H3,(H,27,28)/t16-,24?/m1/s1. The molecule has 5 nitrogen and oxygen atoms in total. The molecule has 3 aromatic carbocycles. The zero-order valence-corrected chi connectivity index (χ0v) is 17.7. The van der Waals surface area contributed by atoms with Crippen LogP contribution in [0.4, 0.5) is 0 Å². The highest BCUT2D eigenvalue weighted by molar-refractivity contribution is 6.31. The first-order valence-electron chi connectivity index (χ1n) is 10.2. The molecule has 31 heavy (non-hydrogen) atoms. The highest BCUT2D eigenvalue weighted by Crippen LogP contribution is 2.47. The topological polar surface area (TPSA) is 65.0 Å². The summed E-state index contributed by atoms with van der Waals surface area (Å²) in [6, 6.07) is 17.8. The lowest BCUT2D eigenvalue weighted by atomic mass is 9.96. The highest BCUT2D eigenvalue weighted by Gasteiger charge is 2.32. The zero-order chi connectivity index (χ0) is 21.5. The summed E-state index contributed by atoms with van der Waals surface area (Å²) in [6.07, 6.45) is -0.338. The van der Waals surface area contributed by atoms with Gasteiger partial charge in [-0.3, -0.25) is 4.79 Å². The quantitative estimate of drug-likeness (QED) is 0.561. The monoisotopic (exact) mass is 436 g/mol. The second-order valence-corrected chi connectivity index (χ2v) is 8.32. The van der Waals surface area contributed by atoms with Gasteiger partial charge in [-0.15, -0.1) is 0 Å². The van der Waals surface area contributed by atoms with E-state index in [2.05, 4.69) is 25.1 Å². The molecule has 2 aliphatic rings. The fraction of sp³-hybridized carbons (Fsp3) is 0.240. The van der Waals surface area contributed by atoms with Gasteiger partial charge in [0.1, 0.15) is 12.4 Å². The van der Waals surface area contributed by atoms with Crippen LogP contribution < -0.4 is 14.2 Å². The van der Waals surface area contributed by atoms with E-state index in [1.807, 2.05) is 30.3 Å². The molecule has 1 N–H and O–H groups in total. The van der Waals surface area contributed by atoms with Crippen LogP contribution in [0.3, 0.4) is 0 Å². The lowest BCUT2D eigenvalue weighted by molar-refractivity contribution is -0.137. The summed E-state index contributed by atoms with van der Waals surface area (Å²) in [4.78, 5) is 11.1. The van der Waals surface area contributed by atoms with Crippen LogP contribution in [0.1, 0.15) is 35.1 Å². The summed E-state index contributed by atoms with van der Waals surface area (Å²) in [5.74, 6) is 0.790. The third-order valence-electron chi connectivity index (χ3n) is 5.84. The molecular formula is C25H21ClO5. The van der Waals surface area contributed by atoms with Gasteiger partial charge in [-0.2, -0.15) is 0 Å². The van der Waals surface area contributed by atoms with E-state index in [1.165, 1.54) is 5.56 Å². The van der Waals surface area contributed by atoms with Crippen molar-refractivity contribution in [3.8, 4) is 28.4 Å². The van der Waals surface area contributed by atoms with Gasteiger partial charge in [-0.05, 0) is 41.8 Å². The summed E-state index contributed by atoms with van der Waals surface area (Å²) in [5, 5.41) is 9.74. The van der Waals surface area contributed by atoms with Gasteiger partial charge < -0.3 is 19.3 Å². The van der Waals surface area contributed by atoms with Gasteiger partial charge in [0.05, 0.1) is 13.0 Å². The van der Waals surface area contributed by atoms with E-state index in [4.69, 9.17) is 30.9 Å². The number of benzene rings is 3. The lowest BCUT2D eigenvalue weighted by Crippen LogP contribution is -2.22. The second kappa shape index (κ2) is 7.82. The van der Waals surface area contributed by atoms with Gasteiger partial charge in [0.25, 0.3) is 0 Å². The molecule has 5 rings (SSSR count). The normalized spacial score (nSPS) is 18.9. The maximum atomic E-state index is 11.1. The fourth-order valence-electron chi connectivity index (χ4n) is 4.23. The van der Waals surface area contributed by atoms with E-state index in [0.717, 1.165) is 22.3 Å². The Morgan fingerprint density at radius 2 is 1.81 bits per heavy atom. The van der Waals surface area contributed by atoms with Crippen LogP contribution in [-0.2, 0) is 4.79 Å². The number of ether oxygens (including phenoxy) is 3. The molecule has 0 saturated carbocycles. The van der Waals surface area contributed by atoms with E-state index in [1.54, 1.807) is 6.07 Å². The second-order valence-electron chi connectivity index (χ2n) is 7.91. The average molecular weight is 437 g/mol. The van der Waals surface area contributed by atoms with E-state index in [0.29, 0.717) is 35.5 Å². The Balaban J connectivity index is 1.45. The molecule has 6 heteroatoms. The SMILES string of the molecule is Cc1ccccc1-c1ccc(Cl)c(C2COc3cc4c(cc3O2)OC[C@H]4CC(=O)O)c1. The number of hydrogen-bond acceptors (Lipinski definition) is 4. The molecule has 2 heterocycles. The molecule has 158 valence electrons. The number of aryl methyl sites for hydroxylation is 1. The van der Waals surface area contributed by atoms with Gasteiger partial charge in [0.2, 0.25) is 0 Å². The summed E-state index contributed by atoms with van der Waals surface area (Å²) in [6.45, 7) is 2.74. The van der Waals surface area contributed by atoms with E-state index < -0.39 is 5.97 Å². The minimum absolute atomic E-state index is 0.0244. The van der Waals surface area contributed by atoms with Gasteiger partial charge in [0.15, 0.2) is 17.6 Å². The molecule has 2 atom stereocenters. The van der Waals surface area contributed by atoms with E-state index in [-0.39, 0.29) is 18.4 Å². The Hall–Kier alpha value is -3.18. The van der Waals surface area contributed by atoms with Crippen molar-refractivity contribution in [2.45, 2.75) is 25.4 Å². The Kier molecular flexibility index (Phi) is 4.98. The van der Waals surface area contributed by atoms with Crippen molar-refractivity contribution < 1.29 is 24.1 Å². The van der Waals surface area contributed by atoms with Crippen molar-refractivity contribution in [1.29, 1.82) is 0 Å². The first-order chi connectivity index (χ1) is 15.0. The number of fused-ring (bicyclic) bond motifs is 2. The van der Waals surface area contributed by atoms with Crippen LogP contribution in [0.25, 0.3) is 11.1 Å². The third kappa shape index (κ3) is 3.70. The van der Waals surface area contributed by atoms with E-state index >= 15 is 0 Å². The maximum Gasteiger partial charge on any atom is 0.304 e. The van der Waals surface area contributed by atoms with Crippen molar-refractivity contribution in [3.05, 3.63) is 76.3 Å². The first-order valence-corrected chi connectivity index (χ1v) is 10.5. The molecule has 1 unspecified atom stereocenters. The summed E-state index contributed by atoms with van der Waals surface area (Å²) in [7, 11) is 0. The van der Waals surface area contributed by atoms with Crippen molar-refractivity contribution in [3.63, 3.8) is 0 Å². The molecule has 3 aromatic rings. The van der Waals surface area contributed by atoms with Gasteiger partial charge >= 0.3 is 5.97 Å². The number of carbonyl (C=O) groups is 1. The van der Waals surface area contributed by atoms with Crippen LogP contribution in [0.2, 0.25) is 5.02 Å². The molecule has 0 aliphatic carbocycles. The summed E-state index contributed by atoms with van der Waals surface area (Å²) in [5.41, 5.74) is 5.11. The van der Waals surface area contributed by atoms with Gasteiger partial charge in [0, 0.05) is 28.1 Å². The maximum absolute atomic E-state index is 11.1. The number of carboxylic acid groups (broad SMARTS) is 1. The number of aliphatic carboxylic acids is 1. The van der Waals surface area contributed by atoms with Crippen LogP contribution in [0.15, 0.2) is 54.6 Å². The van der Waals surface area contributed by atoms with Crippen molar-refractivity contribution in [2.24, 2.45) is 0 Å². The molecular weight excluding hydrogens is 416 g/mol. The van der Waals surface area contributed by atoms with Crippen LogP contribution in [-0.4, -0.2) is 24.3 Å². The van der Waals surface area contributed by atoms with Crippen molar-refractivity contribution >= 4 is 17.6 Å². The smallest absolute Gasteiger partial charge is 0.304 e. The minimum Gasteiger partial charge on any atom is -0.492 e. The molecule has 0 amide bonds. The van der Waals surface area contributed by atoms with Crippen molar-refractivity contribution in [2.75, 3.05) is 13.2 Å². The third-order valence-corrected chi connectivity index (χ3v) is 6.18. The van der Waals surface area contributed by atoms with Crippen LogP contribution in [0.5, 0.6) is 17.2 Å². The predicted octanol–water partition coefficient (Wildman–Crippen LogP) is 5.78. The minimum atomic E-state index is -0.848. The Morgan fingerprint density at radius 3 is 2.61 bits per heavy atom. The summed E-state index contributed by atoms with van der Waals surface area (Å²) >= 11 is 6.53. The fourth-order valence-corrected chi connectivity index (χ4v) is 4.47. The molecule has 0 spiro atoms. The average Bonchev–Trinajstić information content (AvgIpc) is 3.13. The number of carboxylic acids is 1. The van der Waals surface area contributed by atoms with Crippen LogP contribution >= 0.6 is 11.6 Å². The highest BCUT2D eigenvalue weighted by atomic mass is 35.5. The van der Waals surface area contributed by atoms with Gasteiger partial charge in [-0.25, -0.2) is 0 Å². The molecule has 0 aromatic heterocycles. The summed E-state index contributed by atoms with van der Waals surface area (Å²) < 4.78 is 18.0. The lowest BCUT2D eigenvalue weighted by Gasteiger charge is -2.28. The number of halogens is 1. The molecule has 0 fully saturated rings. The molecule has 0 radical (unpaired) electrons. The molecule has 2 aliphatic heterocycles. The zero-order valence-electron chi connectivity index (χ0n) is 16.9. The Bertz CT molecular complexity index is 1170.